The van der Waals surface area contributed by atoms with Gasteiger partial charge in [-0.1, -0.05) is 25.3 Å². The van der Waals surface area contributed by atoms with E-state index in [0.29, 0.717) is 5.92 Å². The van der Waals surface area contributed by atoms with Crippen molar-refractivity contribution in [3.05, 3.63) is 23.8 Å². The van der Waals surface area contributed by atoms with Crippen molar-refractivity contribution in [3.63, 3.8) is 0 Å². The fourth-order valence-corrected chi connectivity index (χ4v) is 2.68. The van der Waals surface area contributed by atoms with E-state index >= 15 is 0 Å². The second-order valence-corrected chi connectivity index (χ2v) is 5.29. The average Bonchev–Trinajstić information content (AvgIpc) is 2.29. The van der Waals surface area contributed by atoms with Crippen LogP contribution in [0.4, 0.5) is 5.69 Å². The third-order valence-electron chi connectivity index (χ3n) is 3.48. The summed E-state index contributed by atoms with van der Waals surface area (Å²) in [6.07, 6.45) is 6.84. The molecule has 0 aromatic heterocycles. The van der Waals surface area contributed by atoms with Crippen LogP contribution in [0, 0.1) is 0 Å². The van der Waals surface area contributed by atoms with Crippen molar-refractivity contribution in [2.24, 2.45) is 0 Å². The topological polar surface area (TPSA) is 35.2 Å². The lowest BCUT2D eigenvalue weighted by Crippen LogP contribution is -2.09. The first-order valence-electron chi connectivity index (χ1n) is 6.73. The summed E-state index contributed by atoms with van der Waals surface area (Å²) >= 11 is 0. The first-order chi connectivity index (χ1) is 8.16. The zero-order chi connectivity index (χ0) is 12.3. The molecule has 2 heteroatoms. The Kier molecular flexibility index (Phi) is 3.93. The van der Waals surface area contributed by atoms with Crippen LogP contribution >= 0.6 is 0 Å². The van der Waals surface area contributed by atoms with Gasteiger partial charge in [0.2, 0.25) is 0 Å². The molecule has 1 fully saturated rings. The van der Waals surface area contributed by atoms with Gasteiger partial charge in [-0.15, -0.1) is 0 Å². The monoisotopic (exact) mass is 233 g/mol. The highest BCUT2D eigenvalue weighted by Gasteiger charge is 2.17. The maximum Gasteiger partial charge on any atom is 0.121 e. The molecular formula is C15H23NO. The number of anilines is 1. The first-order valence-corrected chi connectivity index (χ1v) is 6.73. The highest BCUT2D eigenvalue weighted by atomic mass is 16.5. The summed E-state index contributed by atoms with van der Waals surface area (Å²) in [5, 5.41) is 0. The van der Waals surface area contributed by atoms with Crippen LogP contribution in [-0.2, 0) is 0 Å². The van der Waals surface area contributed by atoms with Gasteiger partial charge in [0.1, 0.15) is 5.75 Å². The molecule has 0 atom stereocenters. The van der Waals surface area contributed by atoms with Gasteiger partial charge in [-0.2, -0.15) is 0 Å². The zero-order valence-electron chi connectivity index (χ0n) is 10.9. The molecular weight excluding hydrogens is 210 g/mol. The molecule has 1 aliphatic rings. The zero-order valence-corrected chi connectivity index (χ0v) is 10.9. The summed E-state index contributed by atoms with van der Waals surface area (Å²) in [4.78, 5) is 0. The standard InChI is InChI=1S/C15H23NO/c1-11(2)17-13-8-9-14(15(16)10-13)12-6-4-3-5-7-12/h8-12H,3-7,16H2,1-2H3. The Morgan fingerprint density at radius 3 is 2.47 bits per heavy atom. The highest BCUT2D eigenvalue weighted by molar-refractivity contribution is 5.53. The van der Waals surface area contributed by atoms with Crippen LogP contribution in [-0.4, -0.2) is 6.10 Å². The summed E-state index contributed by atoms with van der Waals surface area (Å²) in [6, 6.07) is 6.19. The summed E-state index contributed by atoms with van der Waals surface area (Å²) < 4.78 is 5.66. The van der Waals surface area contributed by atoms with Crippen LogP contribution in [0.15, 0.2) is 18.2 Å². The van der Waals surface area contributed by atoms with Crippen molar-refractivity contribution in [1.29, 1.82) is 0 Å². The minimum Gasteiger partial charge on any atom is -0.491 e. The minimum absolute atomic E-state index is 0.204. The van der Waals surface area contributed by atoms with Gasteiger partial charge in [0, 0.05) is 11.8 Å². The van der Waals surface area contributed by atoms with E-state index in [9.17, 15) is 0 Å². The predicted molar refractivity (Wildman–Crippen MR) is 72.4 cm³/mol. The van der Waals surface area contributed by atoms with Crippen molar-refractivity contribution < 1.29 is 4.74 Å². The Bertz CT molecular complexity index is 367. The molecule has 2 rings (SSSR count). The van der Waals surface area contributed by atoms with Gasteiger partial charge < -0.3 is 10.5 Å². The molecule has 0 bridgehead atoms. The van der Waals surface area contributed by atoms with Crippen molar-refractivity contribution >= 4 is 5.69 Å². The van der Waals surface area contributed by atoms with Gasteiger partial charge in [0.25, 0.3) is 0 Å². The molecule has 1 aliphatic carbocycles. The van der Waals surface area contributed by atoms with Crippen LogP contribution in [0.2, 0.25) is 0 Å². The van der Waals surface area contributed by atoms with Crippen LogP contribution in [0.25, 0.3) is 0 Å². The van der Waals surface area contributed by atoms with E-state index in [1.807, 2.05) is 19.9 Å². The lowest BCUT2D eigenvalue weighted by atomic mass is 9.83. The highest BCUT2D eigenvalue weighted by Crippen LogP contribution is 2.36. The lowest BCUT2D eigenvalue weighted by molar-refractivity contribution is 0.242. The Morgan fingerprint density at radius 1 is 1.18 bits per heavy atom. The fourth-order valence-electron chi connectivity index (χ4n) is 2.68. The fraction of sp³-hybridized carbons (Fsp3) is 0.600. The molecule has 0 amide bonds. The number of hydrogen-bond acceptors (Lipinski definition) is 2. The Balaban J connectivity index is 2.13. The van der Waals surface area contributed by atoms with Crippen molar-refractivity contribution in [1.82, 2.24) is 0 Å². The Morgan fingerprint density at radius 2 is 1.88 bits per heavy atom. The van der Waals surface area contributed by atoms with Crippen molar-refractivity contribution in [2.45, 2.75) is 58.0 Å². The van der Waals surface area contributed by atoms with E-state index in [0.717, 1.165) is 11.4 Å². The molecule has 0 unspecified atom stereocenters. The largest absolute Gasteiger partial charge is 0.491 e. The molecule has 0 aliphatic heterocycles. The van der Waals surface area contributed by atoms with E-state index in [-0.39, 0.29) is 6.10 Å². The predicted octanol–water partition coefficient (Wildman–Crippen LogP) is 4.10. The molecule has 0 saturated heterocycles. The molecule has 0 heterocycles. The second kappa shape index (κ2) is 5.44. The van der Waals surface area contributed by atoms with Crippen LogP contribution in [0.1, 0.15) is 57.4 Å². The smallest absolute Gasteiger partial charge is 0.121 e. The van der Waals surface area contributed by atoms with E-state index in [1.165, 1.54) is 37.7 Å². The second-order valence-electron chi connectivity index (χ2n) is 5.29. The number of rotatable bonds is 3. The number of nitrogen functional groups attached to an aromatic ring is 1. The van der Waals surface area contributed by atoms with Crippen LogP contribution in [0.5, 0.6) is 5.75 Å². The van der Waals surface area contributed by atoms with E-state index in [1.54, 1.807) is 0 Å². The maximum atomic E-state index is 6.15. The molecule has 2 N–H and O–H groups in total. The van der Waals surface area contributed by atoms with E-state index < -0.39 is 0 Å². The minimum atomic E-state index is 0.204. The normalized spacial score (nSPS) is 17.4. The van der Waals surface area contributed by atoms with Gasteiger partial charge in [0.05, 0.1) is 6.10 Å². The SMILES string of the molecule is CC(C)Oc1ccc(C2CCCCC2)c(N)c1. The lowest BCUT2D eigenvalue weighted by Gasteiger charge is -2.23. The molecule has 0 radical (unpaired) electrons. The van der Waals surface area contributed by atoms with Gasteiger partial charge in [-0.05, 0) is 44.2 Å². The van der Waals surface area contributed by atoms with E-state index in [4.69, 9.17) is 10.5 Å². The molecule has 1 aromatic carbocycles. The number of benzene rings is 1. The number of nitrogens with two attached hydrogens (primary N) is 1. The maximum absolute atomic E-state index is 6.15. The molecule has 17 heavy (non-hydrogen) atoms. The molecule has 1 aromatic rings. The summed E-state index contributed by atoms with van der Waals surface area (Å²) in [6.45, 7) is 4.07. The van der Waals surface area contributed by atoms with E-state index in [2.05, 4.69) is 12.1 Å². The summed E-state index contributed by atoms with van der Waals surface area (Å²) in [5.74, 6) is 1.55. The quantitative estimate of drug-likeness (QED) is 0.798. The first kappa shape index (κ1) is 12.3. The molecule has 2 nitrogen and oxygen atoms in total. The van der Waals surface area contributed by atoms with Gasteiger partial charge in [-0.3, -0.25) is 0 Å². The molecule has 1 saturated carbocycles. The van der Waals surface area contributed by atoms with Gasteiger partial charge >= 0.3 is 0 Å². The summed E-state index contributed by atoms with van der Waals surface area (Å²) in [5.41, 5.74) is 8.37. The third kappa shape index (κ3) is 3.15. The Hall–Kier alpha value is -1.18. The molecule has 0 spiro atoms. The number of ether oxygens (including phenoxy) is 1. The number of hydrogen-bond donors (Lipinski definition) is 1. The Labute approximate surface area is 104 Å². The molecule has 94 valence electrons. The van der Waals surface area contributed by atoms with Crippen LogP contribution < -0.4 is 10.5 Å². The average molecular weight is 233 g/mol. The van der Waals surface area contributed by atoms with Gasteiger partial charge in [0.15, 0.2) is 0 Å². The third-order valence-corrected chi connectivity index (χ3v) is 3.48. The van der Waals surface area contributed by atoms with Crippen molar-refractivity contribution in [2.75, 3.05) is 5.73 Å². The van der Waals surface area contributed by atoms with Gasteiger partial charge in [-0.25, -0.2) is 0 Å². The van der Waals surface area contributed by atoms with Crippen molar-refractivity contribution in [3.8, 4) is 5.75 Å². The van der Waals surface area contributed by atoms with Crippen LogP contribution in [0.3, 0.4) is 0 Å². The summed E-state index contributed by atoms with van der Waals surface area (Å²) in [7, 11) is 0.